The number of hydrogen-bond acceptors (Lipinski definition) is 6. The third kappa shape index (κ3) is 65.5. The first-order valence-corrected chi connectivity index (χ1v) is 34.4. The zero-order valence-corrected chi connectivity index (χ0v) is 52.6. The molecular formula is C73H130O6. The lowest BCUT2D eigenvalue weighted by Gasteiger charge is -2.18. The number of hydrogen-bond donors (Lipinski definition) is 0. The first-order chi connectivity index (χ1) is 39.0. The monoisotopic (exact) mass is 1100 g/mol. The van der Waals surface area contributed by atoms with Crippen LogP contribution in [-0.2, 0) is 28.6 Å². The molecule has 6 nitrogen and oxygen atoms in total. The SMILES string of the molecule is CCC/C=C\C/C=C\CCCCCCCC(=O)OCC(COC(=O)CCCCCCCCCCCC/C=C\C/C=C\C/C=C\CCCCCCC)OC(=O)CCCCCCCCCCCCC/C=C\CCCCCCCCCC. The second-order valence-electron chi connectivity index (χ2n) is 23.1. The van der Waals surface area contributed by atoms with Crippen molar-refractivity contribution in [2.75, 3.05) is 13.2 Å². The van der Waals surface area contributed by atoms with Crippen LogP contribution in [0.1, 0.15) is 355 Å². The average Bonchev–Trinajstić information content (AvgIpc) is 3.45. The smallest absolute Gasteiger partial charge is 0.306 e. The van der Waals surface area contributed by atoms with Crippen molar-refractivity contribution in [1.29, 1.82) is 0 Å². The molecule has 0 aromatic heterocycles. The Bertz CT molecular complexity index is 1450. The van der Waals surface area contributed by atoms with Gasteiger partial charge in [-0.05, 0) is 109 Å². The molecule has 0 fully saturated rings. The van der Waals surface area contributed by atoms with Crippen molar-refractivity contribution in [3.8, 4) is 0 Å². The van der Waals surface area contributed by atoms with Gasteiger partial charge < -0.3 is 14.2 Å². The molecule has 1 unspecified atom stereocenters. The third-order valence-corrected chi connectivity index (χ3v) is 15.1. The molecule has 0 N–H and O–H groups in total. The number of rotatable bonds is 63. The number of unbranched alkanes of at least 4 members (excludes halogenated alkanes) is 40. The Labute approximate surface area is 491 Å². The lowest BCUT2D eigenvalue weighted by atomic mass is 10.0. The van der Waals surface area contributed by atoms with Gasteiger partial charge in [0.1, 0.15) is 13.2 Å². The van der Waals surface area contributed by atoms with Gasteiger partial charge in [-0.25, -0.2) is 0 Å². The molecule has 0 aromatic carbocycles. The number of ether oxygens (including phenoxy) is 3. The summed E-state index contributed by atoms with van der Waals surface area (Å²) >= 11 is 0. The van der Waals surface area contributed by atoms with Crippen LogP contribution in [0, 0.1) is 0 Å². The molecule has 0 aliphatic carbocycles. The first kappa shape index (κ1) is 75.8. The third-order valence-electron chi connectivity index (χ3n) is 15.1. The highest BCUT2D eigenvalue weighted by molar-refractivity contribution is 5.71. The van der Waals surface area contributed by atoms with E-state index in [1.807, 2.05) is 0 Å². The zero-order chi connectivity index (χ0) is 57.1. The van der Waals surface area contributed by atoms with Gasteiger partial charge in [0.15, 0.2) is 6.10 Å². The van der Waals surface area contributed by atoms with Gasteiger partial charge in [-0.3, -0.25) is 14.4 Å². The van der Waals surface area contributed by atoms with Crippen LogP contribution in [0.4, 0.5) is 0 Å². The van der Waals surface area contributed by atoms with Crippen LogP contribution in [0.2, 0.25) is 0 Å². The molecule has 0 radical (unpaired) electrons. The molecule has 458 valence electrons. The molecule has 0 heterocycles. The fourth-order valence-electron chi connectivity index (χ4n) is 9.96. The first-order valence-electron chi connectivity index (χ1n) is 34.4. The van der Waals surface area contributed by atoms with E-state index in [1.54, 1.807) is 0 Å². The van der Waals surface area contributed by atoms with Crippen molar-refractivity contribution in [2.45, 2.75) is 361 Å². The minimum atomic E-state index is -0.785. The van der Waals surface area contributed by atoms with E-state index in [0.717, 1.165) is 96.3 Å². The molecule has 0 spiro atoms. The highest BCUT2D eigenvalue weighted by Crippen LogP contribution is 2.17. The molecule has 0 amide bonds. The standard InChI is InChI=1S/C73H130O6/c1-4-7-10-13-16-19-22-25-27-29-31-33-35-36-38-39-41-43-45-48-51-54-57-60-63-66-72(75)78-69-70(68-77-71(74)65-62-59-56-53-50-47-24-21-18-15-12-9-6-3)79-73(76)67-64-61-58-55-52-49-46-44-42-40-37-34-32-30-28-26-23-20-17-14-11-8-5-2/h12,15,21-22,24-25,29-32,35-36,70H,4-11,13-14,16-20,23,26-28,33-34,37-69H2,1-3H3/b15-12-,24-21-,25-22-,31-29-,32-30-,36-35-. The Kier molecular flexibility index (Phi) is 64.7. The highest BCUT2D eigenvalue weighted by atomic mass is 16.6. The van der Waals surface area contributed by atoms with Gasteiger partial charge in [0.2, 0.25) is 0 Å². The molecule has 0 aliphatic rings. The maximum atomic E-state index is 12.9. The van der Waals surface area contributed by atoms with E-state index in [0.29, 0.717) is 19.3 Å². The predicted molar refractivity (Wildman–Crippen MR) is 344 cm³/mol. The van der Waals surface area contributed by atoms with Gasteiger partial charge >= 0.3 is 17.9 Å². The van der Waals surface area contributed by atoms with Crippen molar-refractivity contribution < 1.29 is 28.6 Å². The summed E-state index contributed by atoms with van der Waals surface area (Å²) in [5, 5.41) is 0. The topological polar surface area (TPSA) is 78.9 Å². The van der Waals surface area contributed by atoms with E-state index in [-0.39, 0.29) is 31.1 Å². The maximum Gasteiger partial charge on any atom is 0.306 e. The van der Waals surface area contributed by atoms with E-state index in [2.05, 4.69) is 93.7 Å². The zero-order valence-electron chi connectivity index (χ0n) is 52.6. The van der Waals surface area contributed by atoms with Crippen molar-refractivity contribution in [3.63, 3.8) is 0 Å². The largest absolute Gasteiger partial charge is 0.462 e. The summed E-state index contributed by atoms with van der Waals surface area (Å²) in [6.45, 7) is 6.59. The van der Waals surface area contributed by atoms with Crippen LogP contribution in [0.5, 0.6) is 0 Å². The minimum Gasteiger partial charge on any atom is -0.462 e. The van der Waals surface area contributed by atoms with Gasteiger partial charge in [-0.15, -0.1) is 0 Å². The number of esters is 3. The second-order valence-corrected chi connectivity index (χ2v) is 23.1. The van der Waals surface area contributed by atoms with Crippen LogP contribution < -0.4 is 0 Å². The molecule has 6 heteroatoms. The molecule has 0 rings (SSSR count). The van der Waals surface area contributed by atoms with Gasteiger partial charge in [0.25, 0.3) is 0 Å². The molecule has 0 aromatic rings. The minimum absolute atomic E-state index is 0.0805. The Hall–Kier alpha value is -3.15. The van der Waals surface area contributed by atoms with Crippen LogP contribution in [0.15, 0.2) is 72.9 Å². The van der Waals surface area contributed by atoms with Crippen molar-refractivity contribution >= 4 is 17.9 Å². The highest BCUT2D eigenvalue weighted by Gasteiger charge is 2.19. The van der Waals surface area contributed by atoms with Crippen molar-refractivity contribution in [1.82, 2.24) is 0 Å². The quantitative estimate of drug-likeness (QED) is 0.0261. The summed E-state index contributed by atoms with van der Waals surface area (Å²) in [5.74, 6) is -0.882. The number of allylic oxidation sites excluding steroid dienone is 12. The molecule has 0 saturated carbocycles. The maximum absolute atomic E-state index is 12.9. The summed E-state index contributed by atoms with van der Waals surface area (Å²) < 4.78 is 17.0. The Morgan fingerprint density at radius 1 is 0.253 bits per heavy atom. The molecule has 0 saturated heterocycles. The summed E-state index contributed by atoms with van der Waals surface area (Å²) in [5.41, 5.74) is 0. The Morgan fingerprint density at radius 2 is 0.481 bits per heavy atom. The van der Waals surface area contributed by atoms with Crippen LogP contribution in [0.25, 0.3) is 0 Å². The summed E-state index contributed by atoms with van der Waals surface area (Å²) in [6, 6.07) is 0. The number of carbonyl (C=O) groups is 3. The normalized spacial score (nSPS) is 12.5. The number of carbonyl (C=O) groups excluding carboxylic acids is 3. The van der Waals surface area contributed by atoms with Crippen molar-refractivity contribution in [2.24, 2.45) is 0 Å². The Balaban J connectivity index is 4.29. The van der Waals surface area contributed by atoms with E-state index >= 15 is 0 Å². The average molecular weight is 1100 g/mol. The summed E-state index contributed by atoms with van der Waals surface area (Å²) in [4.78, 5) is 38.4. The Morgan fingerprint density at radius 3 is 0.772 bits per heavy atom. The van der Waals surface area contributed by atoms with Gasteiger partial charge in [-0.1, -0.05) is 299 Å². The van der Waals surface area contributed by atoms with E-state index in [1.165, 1.54) is 218 Å². The van der Waals surface area contributed by atoms with Crippen LogP contribution >= 0.6 is 0 Å². The fraction of sp³-hybridized carbons (Fsp3) is 0.795. The molecule has 79 heavy (non-hydrogen) atoms. The van der Waals surface area contributed by atoms with Crippen LogP contribution in [0.3, 0.4) is 0 Å². The molecule has 0 aliphatic heterocycles. The van der Waals surface area contributed by atoms with Gasteiger partial charge in [0.05, 0.1) is 0 Å². The van der Waals surface area contributed by atoms with E-state index < -0.39 is 6.10 Å². The van der Waals surface area contributed by atoms with Crippen LogP contribution in [-0.4, -0.2) is 37.2 Å². The summed E-state index contributed by atoms with van der Waals surface area (Å²) in [6.07, 6.45) is 87.8. The predicted octanol–water partition coefficient (Wildman–Crippen LogP) is 23.7. The molecule has 1 atom stereocenters. The summed E-state index contributed by atoms with van der Waals surface area (Å²) in [7, 11) is 0. The van der Waals surface area contributed by atoms with E-state index in [4.69, 9.17) is 14.2 Å². The van der Waals surface area contributed by atoms with Gasteiger partial charge in [0, 0.05) is 19.3 Å². The second kappa shape index (κ2) is 67.4. The molecule has 0 bridgehead atoms. The lowest BCUT2D eigenvalue weighted by Crippen LogP contribution is -2.30. The van der Waals surface area contributed by atoms with Crippen molar-refractivity contribution in [3.05, 3.63) is 72.9 Å². The molecular weight excluding hydrogens is 973 g/mol. The van der Waals surface area contributed by atoms with Gasteiger partial charge in [-0.2, -0.15) is 0 Å². The van der Waals surface area contributed by atoms with E-state index in [9.17, 15) is 14.4 Å². The fourth-order valence-corrected chi connectivity index (χ4v) is 9.96. The lowest BCUT2D eigenvalue weighted by molar-refractivity contribution is -0.167.